The number of alkyl halides is 1. The highest BCUT2D eigenvalue weighted by Gasteiger charge is 2.63. The van der Waals surface area contributed by atoms with Crippen LogP contribution in [0.2, 0.25) is 0 Å². The molecule has 4 heteroatoms. The number of oxime groups is 1. The predicted molar refractivity (Wildman–Crippen MR) is 86.2 cm³/mol. The van der Waals surface area contributed by atoms with Crippen molar-refractivity contribution in [2.24, 2.45) is 34.2 Å². The molecule has 0 aromatic carbocycles. The van der Waals surface area contributed by atoms with E-state index in [0.717, 1.165) is 44.7 Å². The van der Waals surface area contributed by atoms with Crippen molar-refractivity contribution in [3.63, 3.8) is 0 Å². The number of fused-ring (bicyclic) bond motifs is 5. The summed E-state index contributed by atoms with van der Waals surface area (Å²) in [4.78, 5) is 11.7. The summed E-state index contributed by atoms with van der Waals surface area (Å²) in [6.45, 7) is 2.07. The molecule has 6 atom stereocenters. The van der Waals surface area contributed by atoms with Gasteiger partial charge in [0.2, 0.25) is 0 Å². The zero-order chi connectivity index (χ0) is 16.2. The number of nitrogens with zero attached hydrogens (tertiary/aromatic N) is 1. The summed E-state index contributed by atoms with van der Waals surface area (Å²) in [6.07, 6.45) is 10.1. The molecule has 0 heterocycles. The molecule has 0 spiro atoms. The van der Waals surface area contributed by atoms with Crippen LogP contribution in [0.3, 0.4) is 0 Å². The van der Waals surface area contributed by atoms with Gasteiger partial charge >= 0.3 is 0 Å². The van der Waals surface area contributed by atoms with E-state index in [-0.39, 0.29) is 5.78 Å². The van der Waals surface area contributed by atoms with Gasteiger partial charge in [0.25, 0.3) is 0 Å². The van der Waals surface area contributed by atoms with Gasteiger partial charge in [-0.25, -0.2) is 4.39 Å². The summed E-state index contributed by atoms with van der Waals surface area (Å²) in [6, 6.07) is 0. The van der Waals surface area contributed by atoms with Gasteiger partial charge in [0.1, 0.15) is 0 Å². The van der Waals surface area contributed by atoms with Gasteiger partial charge in [-0.2, -0.15) is 0 Å². The number of ketones is 1. The summed E-state index contributed by atoms with van der Waals surface area (Å²) in [5.74, 6) is 2.40. The van der Waals surface area contributed by atoms with Crippen molar-refractivity contribution in [3.05, 3.63) is 11.6 Å². The Hall–Kier alpha value is -1.19. The summed E-state index contributed by atoms with van der Waals surface area (Å²) < 4.78 is 15.4. The number of halogens is 1. The second-order valence-electron chi connectivity index (χ2n) is 8.41. The maximum Gasteiger partial charge on any atom is 0.155 e. The van der Waals surface area contributed by atoms with E-state index >= 15 is 4.39 Å². The van der Waals surface area contributed by atoms with Crippen molar-refractivity contribution < 1.29 is 14.4 Å². The standard InChI is InChI=1S/C19H26FNO2/c1-18-8-6-15-14-5-3-13(22)10-12(14)2-4-16(15)17(18)7-9-19(18,20)11-21-23/h10-11,14-17,23H,2-9H2,1H3/b21-11+/t14?,15?,16?,17?,18-,19-/m0/s1. The zero-order valence-electron chi connectivity index (χ0n) is 13.8. The predicted octanol–water partition coefficient (Wildman–Crippen LogP) is 4.30. The molecule has 1 N–H and O–H groups in total. The first-order chi connectivity index (χ1) is 11.0. The Bertz CT molecular complexity index is 586. The van der Waals surface area contributed by atoms with Crippen molar-refractivity contribution in [2.75, 3.05) is 0 Å². The Balaban J connectivity index is 1.64. The van der Waals surface area contributed by atoms with Crippen molar-refractivity contribution >= 4 is 12.0 Å². The van der Waals surface area contributed by atoms with E-state index in [1.165, 1.54) is 5.57 Å². The molecule has 0 saturated heterocycles. The summed E-state index contributed by atoms with van der Waals surface area (Å²) >= 11 is 0. The van der Waals surface area contributed by atoms with Crippen LogP contribution in [0.1, 0.15) is 58.3 Å². The van der Waals surface area contributed by atoms with Crippen LogP contribution in [0.25, 0.3) is 0 Å². The van der Waals surface area contributed by atoms with Crippen molar-refractivity contribution in [1.29, 1.82) is 0 Å². The van der Waals surface area contributed by atoms with E-state index in [0.29, 0.717) is 36.5 Å². The molecule has 0 aromatic heterocycles. The minimum Gasteiger partial charge on any atom is -0.411 e. The van der Waals surface area contributed by atoms with E-state index in [9.17, 15) is 4.79 Å². The van der Waals surface area contributed by atoms with Crippen molar-refractivity contribution in [3.8, 4) is 0 Å². The summed E-state index contributed by atoms with van der Waals surface area (Å²) in [5, 5.41) is 12.0. The lowest BCUT2D eigenvalue weighted by Gasteiger charge is -2.54. The molecule has 0 radical (unpaired) electrons. The van der Waals surface area contributed by atoms with E-state index in [2.05, 4.69) is 12.1 Å². The SMILES string of the molecule is C[C@]12CCC3C4CCC(=O)C=C4CCC3C1CC[C@]2(F)/C=N/O. The molecule has 0 aromatic rings. The monoisotopic (exact) mass is 319 g/mol. The molecular weight excluding hydrogens is 293 g/mol. The third-order valence-corrected chi connectivity index (χ3v) is 7.72. The largest absolute Gasteiger partial charge is 0.411 e. The maximum atomic E-state index is 15.4. The Morgan fingerprint density at radius 1 is 1.22 bits per heavy atom. The second-order valence-corrected chi connectivity index (χ2v) is 8.41. The fourth-order valence-corrected chi connectivity index (χ4v) is 6.50. The first kappa shape index (κ1) is 15.3. The summed E-state index contributed by atoms with van der Waals surface area (Å²) in [5.41, 5.74) is -0.491. The van der Waals surface area contributed by atoms with Crippen LogP contribution >= 0.6 is 0 Å². The van der Waals surface area contributed by atoms with Gasteiger partial charge in [-0.3, -0.25) is 4.79 Å². The molecule has 3 fully saturated rings. The fraction of sp³-hybridized carbons (Fsp3) is 0.789. The number of hydrogen-bond acceptors (Lipinski definition) is 3. The fourth-order valence-electron chi connectivity index (χ4n) is 6.50. The van der Waals surface area contributed by atoms with Gasteiger partial charge in [0.05, 0.1) is 6.21 Å². The second kappa shape index (κ2) is 5.15. The van der Waals surface area contributed by atoms with Crippen LogP contribution in [0.4, 0.5) is 4.39 Å². The Morgan fingerprint density at radius 2 is 2.04 bits per heavy atom. The lowest BCUT2D eigenvalue weighted by molar-refractivity contribution is -0.116. The molecular formula is C19H26FNO2. The molecule has 126 valence electrons. The highest BCUT2D eigenvalue weighted by molar-refractivity contribution is 5.91. The molecule has 4 unspecified atom stereocenters. The zero-order valence-corrected chi connectivity index (χ0v) is 13.8. The Morgan fingerprint density at radius 3 is 2.83 bits per heavy atom. The van der Waals surface area contributed by atoms with Crippen molar-refractivity contribution in [2.45, 2.75) is 64.0 Å². The lowest BCUT2D eigenvalue weighted by atomic mass is 9.51. The first-order valence-electron chi connectivity index (χ1n) is 9.09. The minimum atomic E-state index is -1.46. The van der Waals surface area contributed by atoms with E-state index in [4.69, 9.17) is 5.21 Å². The van der Waals surface area contributed by atoms with Gasteiger partial charge in [-0.05, 0) is 74.7 Å². The van der Waals surface area contributed by atoms with Crippen LogP contribution in [0.15, 0.2) is 16.8 Å². The van der Waals surface area contributed by atoms with E-state index in [1.54, 1.807) is 0 Å². The molecule has 0 aliphatic heterocycles. The molecule has 0 amide bonds. The van der Waals surface area contributed by atoms with Crippen molar-refractivity contribution in [1.82, 2.24) is 0 Å². The number of rotatable bonds is 1. The molecule has 23 heavy (non-hydrogen) atoms. The molecule has 4 rings (SSSR count). The minimum absolute atomic E-state index is 0.290. The normalized spacial score (nSPS) is 49.5. The maximum absolute atomic E-state index is 15.4. The van der Waals surface area contributed by atoms with E-state index < -0.39 is 11.1 Å². The Labute approximate surface area is 137 Å². The van der Waals surface area contributed by atoms with E-state index in [1.807, 2.05) is 6.08 Å². The highest BCUT2D eigenvalue weighted by Crippen LogP contribution is 2.65. The average Bonchev–Trinajstić information content (AvgIpc) is 2.79. The van der Waals surface area contributed by atoms with Crippen LogP contribution in [0, 0.1) is 29.1 Å². The summed E-state index contributed by atoms with van der Waals surface area (Å²) in [7, 11) is 0. The van der Waals surface area contributed by atoms with Crippen LogP contribution < -0.4 is 0 Å². The quantitative estimate of drug-likeness (QED) is 0.445. The molecule has 3 saturated carbocycles. The third kappa shape index (κ3) is 2.06. The smallest absolute Gasteiger partial charge is 0.155 e. The van der Waals surface area contributed by atoms with Gasteiger partial charge in [0.15, 0.2) is 11.5 Å². The molecule has 4 aliphatic carbocycles. The number of allylic oxidation sites excluding steroid dienone is 1. The van der Waals surface area contributed by atoms with Gasteiger partial charge in [-0.1, -0.05) is 17.7 Å². The Kier molecular flexibility index (Phi) is 3.44. The van der Waals surface area contributed by atoms with Crippen LogP contribution in [-0.2, 0) is 4.79 Å². The number of carbonyl (C=O) groups is 1. The van der Waals surface area contributed by atoms with Gasteiger partial charge in [-0.15, -0.1) is 0 Å². The third-order valence-electron chi connectivity index (χ3n) is 7.72. The topological polar surface area (TPSA) is 49.7 Å². The first-order valence-corrected chi connectivity index (χ1v) is 9.09. The lowest BCUT2D eigenvalue weighted by Crippen LogP contribution is -2.51. The van der Waals surface area contributed by atoms with Gasteiger partial charge < -0.3 is 5.21 Å². The average molecular weight is 319 g/mol. The van der Waals surface area contributed by atoms with Gasteiger partial charge in [0, 0.05) is 11.8 Å². The van der Waals surface area contributed by atoms with Crippen LogP contribution in [-0.4, -0.2) is 22.9 Å². The molecule has 0 bridgehead atoms. The number of hydrogen-bond donors (Lipinski definition) is 1. The highest BCUT2D eigenvalue weighted by atomic mass is 19.1. The molecule has 3 nitrogen and oxygen atoms in total. The number of carbonyl (C=O) groups excluding carboxylic acids is 1. The van der Waals surface area contributed by atoms with Crippen LogP contribution in [0.5, 0.6) is 0 Å². The molecule has 4 aliphatic rings.